The lowest BCUT2D eigenvalue weighted by Gasteiger charge is -2.33. The van der Waals surface area contributed by atoms with E-state index in [9.17, 15) is 0 Å². The number of anilines is 2. The van der Waals surface area contributed by atoms with Gasteiger partial charge >= 0.3 is 0 Å². The van der Waals surface area contributed by atoms with Gasteiger partial charge in [0, 0.05) is 36.1 Å². The van der Waals surface area contributed by atoms with Gasteiger partial charge in [0.15, 0.2) is 0 Å². The van der Waals surface area contributed by atoms with Crippen LogP contribution < -0.4 is 20.1 Å². The van der Waals surface area contributed by atoms with Gasteiger partial charge in [-0.1, -0.05) is 39.8 Å². The Bertz CT molecular complexity index is 1090. The van der Waals surface area contributed by atoms with Crippen LogP contribution in [0.3, 0.4) is 0 Å². The van der Waals surface area contributed by atoms with Crippen LogP contribution in [0.15, 0.2) is 48.7 Å². The van der Waals surface area contributed by atoms with Crippen molar-refractivity contribution in [2.75, 3.05) is 25.6 Å². The van der Waals surface area contributed by atoms with Crippen LogP contribution >= 0.6 is 0 Å². The van der Waals surface area contributed by atoms with Gasteiger partial charge in [-0.3, -0.25) is 0 Å². The van der Waals surface area contributed by atoms with E-state index in [0.29, 0.717) is 18.6 Å². The first-order chi connectivity index (χ1) is 15.4. The zero-order valence-electron chi connectivity index (χ0n) is 19.5. The molecule has 0 saturated heterocycles. The number of nitrogens with zero attached hydrogens (tertiary/aromatic N) is 2. The zero-order valence-corrected chi connectivity index (χ0v) is 19.5. The Morgan fingerprint density at radius 2 is 1.94 bits per heavy atom. The van der Waals surface area contributed by atoms with E-state index in [1.807, 2.05) is 36.5 Å². The number of aromatic nitrogens is 2. The first-order valence-electron chi connectivity index (χ1n) is 11.1. The Labute approximate surface area is 190 Å². The summed E-state index contributed by atoms with van der Waals surface area (Å²) >= 11 is 0. The Hall–Kier alpha value is -3.12. The minimum absolute atomic E-state index is 0.0169. The highest BCUT2D eigenvalue weighted by Crippen LogP contribution is 2.43. The SMILES string of the molecule is COc1ccc2c(c1)-c1nc(Nc3cccc(OCCNC(C)C)c3)ncc1CC2(C)C. The van der Waals surface area contributed by atoms with Gasteiger partial charge in [-0.25, -0.2) is 9.97 Å². The third-order valence-electron chi connectivity index (χ3n) is 5.72. The fraction of sp³-hybridized carbons (Fsp3) is 0.385. The van der Waals surface area contributed by atoms with Crippen LogP contribution in [0.2, 0.25) is 0 Å². The number of hydrogen-bond acceptors (Lipinski definition) is 6. The van der Waals surface area contributed by atoms with Gasteiger partial charge in [0.1, 0.15) is 18.1 Å². The molecule has 0 atom stereocenters. The van der Waals surface area contributed by atoms with Gasteiger partial charge in [0.05, 0.1) is 12.8 Å². The second-order valence-corrected chi connectivity index (χ2v) is 9.15. The molecule has 4 rings (SSSR count). The molecule has 0 fully saturated rings. The summed E-state index contributed by atoms with van der Waals surface area (Å²) in [5.74, 6) is 2.21. The van der Waals surface area contributed by atoms with E-state index in [1.54, 1.807) is 7.11 Å². The highest BCUT2D eigenvalue weighted by molar-refractivity contribution is 5.74. The van der Waals surface area contributed by atoms with Crippen molar-refractivity contribution in [2.45, 2.75) is 45.6 Å². The first-order valence-corrected chi connectivity index (χ1v) is 11.1. The maximum atomic E-state index is 5.86. The van der Waals surface area contributed by atoms with Crippen LogP contribution in [0, 0.1) is 0 Å². The quantitative estimate of drug-likeness (QED) is 0.482. The minimum atomic E-state index is 0.0169. The third-order valence-corrected chi connectivity index (χ3v) is 5.72. The van der Waals surface area contributed by atoms with E-state index >= 15 is 0 Å². The van der Waals surface area contributed by atoms with Gasteiger partial charge in [-0.15, -0.1) is 0 Å². The van der Waals surface area contributed by atoms with Crippen molar-refractivity contribution < 1.29 is 9.47 Å². The number of hydrogen-bond donors (Lipinski definition) is 2. The number of fused-ring (bicyclic) bond motifs is 3. The molecule has 1 aliphatic carbocycles. The molecule has 1 heterocycles. The molecular weight excluding hydrogens is 400 g/mol. The van der Waals surface area contributed by atoms with Crippen molar-refractivity contribution in [3.63, 3.8) is 0 Å². The zero-order chi connectivity index (χ0) is 22.7. The van der Waals surface area contributed by atoms with Crippen LogP contribution in [-0.2, 0) is 11.8 Å². The van der Waals surface area contributed by atoms with Crippen LogP contribution in [0.5, 0.6) is 11.5 Å². The predicted octanol–water partition coefficient (Wildman–Crippen LogP) is 5.11. The van der Waals surface area contributed by atoms with Crippen molar-refractivity contribution in [1.82, 2.24) is 15.3 Å². The number of nitrogens with one attached hydrogen (secondary N) is 2. The van der Waals surface area contributed by atoms with E-state index in [-0.39, 0.29) is 5.41 Å². The maximum Gasteiger partial charge on any atom is 0.227 e. The molecule has 2 aromatic carbocycles. The Morgan fingerprint density at radius 1 is 1.09 bits per heavy atom. The second-order valence-electron chi connectivity index (χ2n) is 9.15. The molecule has 2 N–H and O–H groups in total. The Morgan fingerprint density at radius 3 is 2.72 bits per heavy atom. The summed E-state index contributed by atoms with van der Waals surface area (Å²) in [5.41, 5.74) is 5.40. The molecule has 1 aromatic heterocycles. The van der Waals surface area contributed by atoms with E-state index in [4.69, 9.17) is 14.5 Å². The highest BCUT2D eigenvalue weighted by atomic mass is 16.5. The first kappa shape index (κ1) is 22.1. The Balaban J connectivity index is 1.56. The number of methoxy groups -OCH3 is 1. The third kappa shape index (κ3) is 4.86. The summed E-state index contributed by atoms with van der Waals surface area (Å²) in [5, 5.41) is 6.69. The molecule has 0 unspecified atom stereocenters. The van der Waals surface area contributed by atoms with Crippen molar-refractivity contribution >= 4 is 11.6 Å². The summed E-state index contributed by atoms with van der Waals surface area (Å²) in [6.07, 6.45) is 2.84. The highest BCUT2D eigenvalue weighted by Gasteiger charge is 2.32. The van der Waals surface area contributed by atoms with Gasteiger partial charge in [0.2, 0.25) is 5.95 Å². The molecule has 6 nitrogen and oxygen atoms in total. The maximum absolute atomic E-state index is 5.86. The molecule has 168 valence electrons. The average molecular weight is 433 g/mol. The minimum Gasteiger partial charge on any atom is -0.497 e. The predicted molar refractivity (Wildman–Crippen MR) is 129 cm³/mol. The van der Waals surface area contributed by atoms with Crippen molar-refractivity contribution in [3.05, 3.63) is 59.8 Å². The fourth-order valence-electron chi connectivity index (χ4n) is 4.15. The summed E-state index contributed by atoms with van der Waals surface area (Å²) in [4.78, 5) is 9.48. The van der Waals surface area contributed by atoms with Gasteiger partial charge in [-0.05, 0) is 47.2 Å². The molecule has 0 radical (unpaired) electrons. The van der Waals surface area contributed by atoms with Crippen LogP contribution in [0.1, 0.15) is 38.8 Å². The van der Waals surface area contributed by atoms with E-state index in [0.717, 1.165) is 47.0 Å². The smallest absolute Gasteiger partial charge is 0.227 e. The molecule has 0 amide bonds. The lowest BCUT2D eigenvalue weighted by atomic mass is 9.72. The average Bonchev–Trinajstić information content (AvgIpc) is 2.77. The van der Waals surface area contributed by atoms with Crippen molar-refractivity contribution in [2.24, 2.45) is 0 Å². The normalized spacial score (nSPS) is 13.9. The van der Waals surface area contributed by atoms with Gasteiger partial charge in [-0.2, -0.15) is 0 Å². The van der Waals surface area contributed by atoms with E-state index in [1.165, 1.54) is 5.56 Å². The fourth-order valence-corrected chi connectivity index (χ4v) is 4.15. The summed E-state index contributed by atoms with van der Waals surface area (Å²) < 4.78 is 11.3. The number of ether oxygens (including phenoxy) is 2. The molecule has 32 heavy (non-hydrogen) atoms. The summed E-state index contributed by atoms with van der Waals surface area (Å²) in [6.45, 7) is 10.2. The van der Waals surface area contributed by atoms with Crippen molar-refractivity contribution in [3.8, 4) is 22.8 Å². The summed E-state index contributed by atoms with van der Waals surface area (Å²) in [6, 6.07) is 14.6. The topological polar surface area (TPSA) is 68.3 Å². The van der Waals surface area contributed by atoms with Crippen LogP contribution in [-0.4, -0.2) is 36.3 Å². The Kier molecular flexibility index (Phi) is 6.33. The molecule has 0 bridgehead atoms. The lowest BCUT2D eigenvalue weighted by Crippen LogP contribution is -2.27. The lowest BCUT2D eigenvalue weighted by molar-refractivity contribution is 0.309. The van der Waals surface area contributed by atoms with E-state index in [2.05, 4.69) is 55.4 Å². The molecule has 6 heteroatoms. The van der Waals surface area contributed by atoms with Crippen LogP contribution in [0.25, 0.3) is 11.3 Å². The number of rotatable bonds is 8. The molecule has 1 aliphatic rings. The molecule has 0 spiro atoms. The van der Waals surface area contributed by atoms with Crippen LogP contribution in [0.4, 0.5) is 11.6 Å². The standard InChI is InChI=1S/C26H32N4O2/c1-17(2)27-11-12-32-21-8-6-7-19(13-21)29-25-28-16-18-15-26(3,4)23-10-9-20(31-5)14-22(23)24(18)30-25/h6-10,13-14,16-17,27H,11-12,15H2,1-5H3,(H,28,29,30). The summed E-state index contributed by atoms with van der Waals surface area (Å²) in [7, 11) is 1.69. The molecule has 0 saturated carbocycles. The van der Waals surface area contributed by atoms with Gasteiger partial charge in [0.25, 0.3) is 0 Å². The second kappa shape index (κ2) is 9.17. The van der Waals surface area contributed by atoms with Gasteiger partial charge < -0.3 is 20.1 Å². The molecular formula is C26H32N4O2. The van der Waals surface area contributed by atoms with Crippen molar-refractivity contribution in [1.29, 1.82) is 0 Å². The molecule has 3 aromatic rings. The number of benzene rings is 2. The van der Waals surface area contributed by atoms with E-state index < -0.39 is 0 Å². The molecule has 0 aliphatic heterocycles. The monoisotopic (exact) mass is 432 g/mol. The largest absolute Gasteiger partial charge is 0.497 e.